The van der Waals surface area contributed by atoms with Crippen LogP contribution in [-0.2, 0) is 17.4 Å². The van der Waals surface area contributed by atoms with Crippen LogP contribution in [0.15, 0.2) is 30.7 Å². The fraction of sp³-hybridized carbons (Fsp3) is 0.474. The van der Waals surface area contributed by atoms with Gasteiger partial charge in [-0.05, 0) is 49.4 Å². The fourth-order valence-electron chi connectivity index (χ4n) is 3.41. The smallest absolute Gasteiger partial charge is 0.351 e. The predicted molar refractivity (Wildman–Crippen MR) is 96.4 cm³/mol. The number of rotatable bonds is 7. The third kappa shape index (κ3) is 5.09. The number of aromatic amines is 1. The molecule has 2 atom stereocenters. The molecule has 1 aliphatic rings. The third-order valence-corrected chi connectivity index (χ3v) is 4.90. The van der Waals surface area contributed by atoms with Crippen LogP contribution in [0.25, 0.3) is 0 Å². The number of H-pyrrole nitrogens is 1. The van der Waals surface area contributed by atoms with E-state index in [4.69, 9.17) is 0 Å². The van der Waals surface area contributed by atoms with E-state index in [1.54, 1.807) is 6.33 Å². The molecule has 2 heterocycles. The van der Waals surface area contributed by atoms with Crippen molar-refractivity contribution in [3.63, 3.8) is 0 Å². The van der Waals surface area contributed by atoms with Crippen molar-refractivity contribution in [1.82, 2.24) is 15.3 Å². The summed E-state index contributed by atoms with van der Waals surface area (Å²) in [5.74, 6) is -0.349. The Bertz CT molecular complexity index is 774. The molecule has 2 unspecified atom stereocenters. The van der Waals surface area contributed by atoms with Gasteiger partial charge < -0.3 is 15.6 Å². The van der Waals surface area contributed by atoms with Crippen molar-refractivity contribution in [2.75, 3.05) is 11.9 Å². The van der Waals surface area contributed by atoms with Gasteiger partial charge in [0.25, 0.3) is 0 Å². The summed E-state index contributed by atoms with van der Waals surface area (Å²) in [5, 5.41) is 6.07. The third-order valence-electron chi connectivity index (χ3n) is 4.90. The molecule has 0 saturated heterocycles. The number of hydrogen-bond donors (Lipinski definition) is 3. The van der Waals surface area contributed by atoms with E-state index in [0.717, 1.165) is 31.1 Å². The van der Waals surface area contributed by atoms with Crippen LogP contribution in [0.1, 0.15) is 48.9 Å². The first-order chi connectivity index (χ1) is 12.8. The number of carbonyl (C=O) groups excluding carboxylic acids is 1. The summed E-state index contributed by atoms with van der Waals surface area (Å²) in [4.78, 5) is 19.0. The van der Waals surface area contributed by atoms with Gasteiger partial charge in [0, 0.05) is 37.3 Å². The number of aromatic nitrogens is 2. The summed E-state index contributed by atoms with van der Waals surface area (Å²) >= 11 is 0. The zero-order valence-electron chi connectivity index (χ0n) is 15.1. The van der Waals surface area contributed by atoms with Crippen LogP contribution in [-0.4, -0.2) is 28.5 Å². The number of halogens is 3. The number of carbonyl (C=O) groups is 1. The normalized spacial score (nSPS) is 18.1. The first-order valence-electron chi connectivity index (χ1n) is 9.05. The van der Waals surface area contributed by atoms with Gasteiger partial charge in [-0.15, -0.1) is 0 Å². The average molecular weight is 380 g/mol. The van der Waals surface area contributed by atoms with Crippen LogP contribution in [0.3, 0.4) is 0 Å². The molecule has 1 amide bonds. The van der Waals surface area contributed by atoms with Crippen molar-refractivity contribution >= 4 is 11.6 Å². The Morgan fingerprint density at radius 1 is 1.37 bits per heavy atom. The number of anilines is 1. The highest BCUT2D eigenvalue weighted by Gasteiger charge is 2.33. The van der Waals surface area contributed by atoms with Crippen molar-refractivity contribution in [2.24, 2.45) is 0 Å². The van der Waals surface area contributed by atoms with Gasteiger partial charge in [0.1, 0.15) is 0 Å². The maximum absolute atomic E-state index is 13.0. The Hall–Kier alpha value is -2.35. The maximum Gasteiger partial charge on any atom is 0.416 e. The second-order valence-electron chi connectivity index (χ2n) is 6.99. The van der Waals surface area contributed by atoms with Crippen molar-refractivity contribution in [2.45, 2.75) is 50.7 Å². The number of nitrogens with zero attached hydrogens (tertiary/aromatic N) is 1. The topological polar surface area (TPSA) is 69.8 Å². The Morgan fingerprint density at radius 2 is 2.19 bits per heavy atom. The zero-order chi connectivity index (χ0) is 19.4. The molecule has 0 bridgehead atoms. The number of imidazole rings is 1. The molecule has 146 valence electrons. The molecule has 27 heavy (non-hydrogen) atoms. The minimum absolute atomic E-state index is 0.147. The van der Waals surface area contributed by atoms with Crippen molar-refractivity contribution < 1.29 is 18.0 Å². The molecule has 1 aromatic heterocycles. The SMILES string of the molecule is CC(CCC1CC(=O)Nc2ccc(C(F)(F)F)cc21)NCCc1c[nH]cn1. The standard InChI is InChI=1S/C19H23F3N4O/c1-12(24-7-6-15-10-23-11-25-15)2-3-13-8-18(27)26-17-5-4-14(9-16(13)17)19(20,21)22/h4-5,9-13,24H,2-3,6-8H2,1H3,(H,23,25)(H,26,27). The lowest BCUT2D eigenvalue weighted by atomic mass is 9.85. The highest BCUT2D eigenvalue weighted by Crippen LogP contribution is 2.39. The molecule has 2 aromatic rings. The fourth-order valence-corrected chi connectivity index (χ4v) is 3.41. The van der Waals surface area contributed by atoms with Crippen LogP contribution in [0.4, 0.5) is 18.9 Å². The Labute approximate surface area is 155 Å². The van der Waals surface area contributed by atoms with Gasteiger partial charge in [-0.25, -0.2) is 4.98 Å². The molecule has 1 aromatic carbocycles. The van der Waals surface area contributed by atoms with Crippen molar-refractivity contribution in [3.05, 3.63) is 47.5 Å². The quantitative estimate of drug-likeness (QED) is 0.683. The maximum atomic E-state index is 13.0. The van der Waals surface area contributed by atoms with Gasteiger partial charge in [0.05, 0.1) is 17.6 Å². The number of nitrogens with one attached hydrogen (secondary N) is 3. The molecule has 0 saturated carbocycles. The molecule has 3 N–H and O–H groups in total. The highest BCUT2D eigenvalue weighted by molar-refractivity contribution is 5.94. The zero-order valence-corrected chi connectivity index (χ0v) is 15.1. The second-order valence-corrected chi connectivity index (χ2v) is 6.99. The van der Waals surface area contributed by atoms with Crippen molar-refractivity contribution in [3.8, 4) is 0 Å². The minimum atomic E-state index is -4.39. The number of alkyl halides is 3. The van der Waals surface area contributed by atoms with Crippen LogP contribution < -0.4 is 10.6 Å². The summed E-state index contributed by atoms with van der Waals surface area (Å²) in [5.41, 5.74) is 1.37. The van der Waals surface area contributed by atoms with Gasteiger partial charge in [0.2, 0.25) is 5.91 Å². The molecule has 1 aliphatic heterocycles. The summed E-state index contributed by atoms with van der Waals surface area (Å²) < 4.78 is 39.1. The van der Waals surface area contributed by atoms with Gasteiger partial charge >= 0.3 is 6.18 Å². The van der Waals surface area contributed by atoms with E-state index in [-0.39, 0.29) is 24.3 Å². The summed E-state index contributed by atoms with van der Waals surface area (Å²) in [6.07, 6.45) is 1.54. The van der Waals surface area contributed by atoms with Gasteiger partial charge in [0.15, 0.2) is 0 Å². The Balaban J connectivity index is 1.59. The molecular formula is C19H23F3N4O. The summed E-state index contributed by atoms with van der Waals surface area (Å²) in [6, 6.07) is 3.74. The van der Waals surface area contributed by atoms with E-state index in [2.05, 4.69) is 20.6 Å². The van der Waals surface area contributed by atoms with E-state index in [9.17, 15) is 18.0 Å². The Morgan fingerprint density at radius 3 is 2.89 bits per heavy atom. The number of fused-ring (bicyclic) bond motifs is 1. The number of hydrogen-bond acceptors (Lipinski definition) is 3. The lowest BCUT2D eigenvalue weighted by molar-refractivity contribution is -0.137. The predicted octanol–water partition coefficient (Wildman–Crippen LogP) is 3.86. The van der Waals surface area contributed by atoms with E-state index in [1.165, 1.54) is 12.1 Å². The number of amides is 1. The van der Waals surface area contributed by atoms with E-state index in [1.807, 2.05) is 13.1 Å². The van der Waals surface area contributed by atoms with E-state index in [0.29, 0.717) is 17.7 Å². The van der Waals surface area contributed by atoms with Crippen LogP contribution in [0, 0.1) is 0 Å². The second kappa shape index (κ2) is 8.12. The van der Waals surface area contributed by atoms with Crippen molar-refractivity contribution in [1.29, 1.82) is 0 Å². The highest BCUT2D eigenvalue weighted by atomic mass is 19.4. The van der Waals surface area contributed by atoms with E-state index < -0.39 is 11.7 Å². The van der Waals surface area contributed by atoms with Gasteiger partial charge in [-0.2, -0.15) is 13.2 Å². The molecule has 0 radical (unpaired) electrons. The molecule has 0 spiro atoms. The Kier molecular flexibility index (Phi) is 5.84. The van der Waals surface area contributed by atoms with Crippen LogP contribution >= 0.6 is 0 Å². The lowest BCUT2D eigenvalue weighted by Crippen LogP contribution is -2.30. The van der Waals surface area contributed by atoms with Crippen LogP contribution in [0.2, 0.25) is 0 Å². The largest absolute Gasteiger partial charge is 0.416 e. The first-order valence-corrected chi connectivity index (χ1v) is 9.05. The summed E-state index contributed by atoms with van der Waals surface area (Å²) in [6.45, 7) is 2.81. The first kappa shape index (κ1) is 19.4. The lowest BCUT2D eigenvalue weighted by Gasteiger charge is -2.27. The molecule has 0 fully saturated rings. The van der Waals surface area contributed by atoms with Gasteiger partial charge in [-0.3, -0.25) is 4.79 Å². The monoisotopic (exact) mass is 380 g/mol. The van der Waals surface area contributed by atoms with E-state index >= 15 is 0 Å². The molecule has 0 aliphatic carbocycles. The molecule has 5 nitrogen and oxygen atoms in total. The van der Waals surface area contributed by atoms with Gasteiger partial charge in [-0.1, -0.05) is 0 Å². The average Bonchev–Trinajstić information content (AvgIpc) is 3.11. The molecule has 8 heteroatoms. The minimum Gasteiger partial charge on any atom is -0.351 e. The molecular weight excluding hydrogens is 357 g/mol. The summed E-state index contributed by atoms with van der Waals surface area (Å²) in [7, 11) is 0. The van der Waals surface area contributed by atoms with Crippen LogP contribution in [0.5, 0.6) is 0 Å². The molecule has 3 rings (SSSR count). The number of benzene rings is 1.